The van der Waals surface area contributed by atoms with Gasteiger partial charge in [0.05, 0.1) is 12.7 Å². The molecule has 98 valence electrons. The van der Waals surface area contributed by atoms with Gasteiger partial charge in [-0.05, 0) is 45.2 Å². The fourth-order valence-corrected chi connectivity index (χ4v) is 3.42. The van der Waals surface area contributed by atoms with E-state index in [1.807, 2.05) is 0 Å². The minimum atomic E-state index is 0.424. The molecule has 0 aromatic carbocycles. The van der Waals surface area contributed by atoms with Crippen LogP contribution >= 0.6 is 0 Å². The molecule has 3 rings (SSSR count). The molecule has 0 aromatic rings. The van der Waals surface area contributed by atoms with Gasteiger partial charge in [0, 0.05) is 18.6 Å². The van der Waals surface area contributed by atoms with Crippen LogP contribution in [0.1, 0.15) is 38.5 Å². The Balaban J connectivity index is 1.50. The molecular weight excluding hydrogens is 212 g/mol. The van der Waals surface area contributed by atoms with E-state index < -0.39 is 0 Å². The Morgan fingerprint density at radius 1 is 1.35 bits per heavy atom. The molecule has 1 saturated carbocycles. The van der Waals surface area contributed by atoms with Crippen molar-refractivity contribution in [3.63, 3.8) is 0 Å². The predicted molar refractivity (Wildman–Crippen MR) is 69.1 cm³/mol. The zero-order chi connectivity index (χ0) is 11.7. The second kappa shape index (κ2) is 5.25. The van der Waals surface area contributed by atoms with Crippen molar-refractivity contribution in [1.82, 2.24) is 10.2 Å². The first-order chi connectivity index (χ1) is 8.36. The predicted octanol–water partition coefficient (Wildman–Crippen LogP) is 1.63. The van der Waals surface area contributed by atoms with E-state index in [1.165, 1.54) is 45.1 Å². The summed E-state index contributed by atoms with van der Waals surface area (Å²) in [4.78, 5) is 2.65. The van der Waals surface area contributed by atoms with Crippen LogP contribution in [0.4, 0.5) is 0 Å². The normalized spacial score (nSPS) is 35.8. The summed E-state index contributed by atoms with van der Waals surface area (Å²) < 4.78 is 6.09. The van der Waals surface area contributed by atoms with Crippen molar-refractivity contribution < 1.29 is 4.74 Å². The second-order valence-electron chi connectivity index (χ2n) is 6.08. The standard InChI is InChI=1S/C14H26N2O/c1-15-13(7-6-11-4-5-11)14-9-16-8-2-3-12(16)10-17-14/h11-15H,2-10H2,1H3. The Kier molecular flexibility index (Phi) is 3.69. The molecule has 3 aliphatic rings. The van der Waals surface area contributed by atoms with E-state index in [4.69, 9.17) is 4.74 Å². The minimum absolute atomic E-state index is 0.424. The fraction of sp³-hybridized carbons (Fsp3) is 1.00. The highest BCUT2D eigenvalue weighted by Crippen LogP contribution is 2.34. The van der Waals surface area contributed by atoms with E-state index >= 15 is 0 Å². The minimum Gasteiger partial charge on any atom is -0.374 e. The molecule has 0 radical (unpaired) electrons. The van der Waals surface area contributed by atoms with Crippen LogP contribution in [-0.4, -0.2) is 49.8 Å². The smallest absolute Gasteiger partial charge is 0.0855 e. The number of ether oxygens (including phenoxy) is 1. The van der Waals surface area contributed by atoms with Crippen LogP contribution in [-0.2, 0) is 4.74 Å². The van der Waals surface area contributed by atoms with Gasteiger partial charge in [0.1, 0.15) is 0 Å². The molecular formula is C14H26N2O. The van der Waals surface area contributed by atoms with Gasteiger partial charge in [-0.1, -0.05) is 12.8 Å². The van der Waals surface area contributed by atoms with E-state index in [2.05, 4.69) is 17.3 Å². The van der Waals surface area contributed by atoms with Crippen LogP contribution in [0.3, 0.4) is 0 Å². The summed E-state index contributed by atoms with van der Waals surface area (Å²) in [6, 6.07) is 1.30. The maximum absolute atomic E-state index is 6.09. The van der Waals surface area contributed by atoms with Crippen LogP contribution in [0.5, 0.6) is 0 Å². The van der Waals surface area contributed by atoms with E-state index in [1.54, 1.807) is 0 Å². The molecule has 17 heavy (non-hydrogen) atoms. The Morgan fingerprint density at radius 2 is 2.24 bits per heavy atom. The Bertz CT molecular complexity index is 255. The summed E-state index contributed by atoms with van der Waals surface area (Å²) in [5.74, 6) is 1.04. The lowest BCUT2D eigenvalue weighted by atomic mass is 10.0. The molecule has 0 amide bonds. The first-order valence-electron chi connectivity index (χ1n) is 7.39. The van der Waals surface area contributed by atoms with E-state index in [-0.39, 0.29) is 0 Å². The van der Waals surface area contributed by atoms with E-state index in [0.717, 1.165) is 25.1 Å². The summed E-state index contributed by atoms with van der Waals surface area (Å²) in [6.07, 6.45) is 8.77. The molecule has 3 unspecified atom stereocenters. The first-order valence-corrected chi connectivity index (χ1v) is 7.39. The number of nitrogens with zero attached hydrogens (tertiary/aromatic N) is 1. The summed E-state index contributed by atoms with van der Waals surface area (Å²) in [6.45, 7) is 3.41. The number of likely N-dealkylation sites (N-methyl/N-ethyl adjacent to an activating group) is 1. The summed E-state index contributed by atoms with van der Waals surface area (Å²) in [5.41, 5.74) is 0. The maximum atomic E-state index is 6.09. The number of rotatable bonds is 5. The molecule has 2 saturated heterocycles. The van der Waals surface area contributed by atoms with Crippen LogP contribution in [0.15, 0.2) is 0 Å². The van der Waals surface area contributed by atoms with Crippen molar-refractivity contribution in [2.24, 2.45) is 5.92 Å². The van der Waals surface area contributed by atoms with E-state index in [0.29, 0.717) is 12.1 Å². The molecule has 3 heteroatoms. The van der Waals surface area contributed by atoms with Crippen molar-refractivity contribution in [2.75, 3.05) is 26.7 Å². The van der Waals surface area contributed by atoms with Crippen molar-refractivity contribution >= 4 is 0 Å². The van der Waals surface area contributed by atoms with Crippen molar-refractivity contribution in [3.8, 4) is 0 Å². The molecule has 3 fully saturated rings. The average molecular weight is 238 g/mol. The largest absolute Gasteiger partial charge is 0.374 e. The molecule has 3 nitrogen and oxygen atoms in total. The van der Waals surface area contributed by atoms with Gasteiger partial charge in [-0.15, -0.1) is 0 Å². The Hall–Kier alpha value is -0.120. The number of morpholine rings is 1. The molecule has 0 bridgehead atoms. The number of hydrogen-bond donors (Lipinski definition) is 1. The van der Waals surface area contributed by atoms with Gasteiger partial charge in [0.15, 0.2) is 0 Å². The topological polar surface area (TPSA) is 24.5 Å². The van der Waals surface area contributed by atoms with Crippen LogP contribution in [0, 0.1) is 5.92 Å². The van der Waals surface area contributed by atoms with Crippen LogP contribution in [0.25, 0.3) is 0 Å². The quantitative estimate of drug-likeness (QED) is 0.788. The first kappa shape index (κ1) is 11.9. The van der Waals surface area contributed by atoms with Gasteiger partial charge >= 0.3 is 0 Å². The lowest BCUT2D eigenvalue weighted by Crippen LogP contribution is -2.53. The Labute approximate surface area is 105 Å². The van der Waals surface area contributed by atoms with Crippen molar-refractivity contribution in [1.29, 1.82) is 0 Å². The van der Waals surface area contributed by atoms with Crippen molar-refractivity contribution in [2.45, 2.75) is 56.7 Å². The number of nitrogens with one attached hydrogen (secondary N) is 1. The van der Waals surface area contributed by atoms with Crippen molar-refractivity contribution in [3.05, 3.63) is 0 Å². The number of fused-ring (bicyclic) bond motifs is 1. The molecule has 1 aliphatic carbocycles. The van der Waals surface area contributed by atoms with Crippen LogP contribution in [0.2, 0.25) is 0 Å². The summed E-state index contributed by atoms with van der Waals surface area (Å²) in [5, 5.41) is 3.48. The second-order valence-corrected chi connectivity index (χ2v) is 6.08. The highest BCUT2D eigenvalue weighted by Gasteiger charge is 2.35. The highest BCUT2D eigenvalue weighted by molar-refractivity contribution is 4.90. The molecule has 0 aromatic heterocycles. The molecule has 2 heterocycles. The van der Waals surface area contributed by atoms with Crippen LogP contribution < -0.4 is 5.32 Å². The zero-order valence-electron chi connectivity index (χ0n) is 11.0. The summed E-state index contributed by atoms with van der Waals surface area (Å²) in [7, 11) is 2.09. The third-order valence-electron chi connectivity index (χ3n) is 4.82. The lowest BCUT2D eigenvalue weighted by molar-refractivity contribution is -0.0649. The van der Waals surface area contributed by atoms with E-state index in [9.17, 15) is 0 Å². The molecule has 0 spiro atoms. The average Bonchev–Trinajstić information content (AvgIpc) is 3.06. The third kappa shape index (κ3) is 2.83. The molecule has 3 atom stereocenters. The number of hydrogen-bond acceptors (Lipinski definition) is 3. The monoisotopic (exact) mass is 238 g/mol. The van der Waals surface area contributed by atoms with Gasteiger partial charge < -0.3 is 10.1 Å². The SMILES string of the molecule is CNC(CCC1CC1)C1CN2CCCC2CO1. The van der Waals surface area contributed by atoms with Gasteiger partial charge in [0.25, 0.3) is 0 Å². The lowest BCUT2D eigenvalue weighted by Gasteiger charge is -2.38. The van der Waals surface area contributed by atoms with Gasteiger partial charge in [-0.3, -0.25) is 4.90 Å². The zero-order valence-corrected chi connectivity index (χ0v) is 11.0. The highest BCUT2D eigenvalue weighted by atomic mass is 16.5. The fourth-order valence-electron chi connectivity index (χ4n) is 3.42. The Morgan fingerprint density at radius 3 is 3.00 bits per heavy atom. The maximum Gasteiger partial charge on any atom is 0.0855 e. The van der Waals surface area contributed by atoms with Gasteiger partial charge in [-0.2, -0.15) is 0 Å². The summed E-state index contributed by atoms with van der Waals surface area (Å²) >= 11 is 0. The molecule has 1 N–H and O–H groups in total. The third-order valence-corrected chi connectivity index (χ3v) is 4.82. The van der Waals surface area contributed by atoms with Gasteiger partial charge in [-0.25, -0.2) is 0 Å². The van der Waals surface area contributed by atoms with Gasteiger partial charge in [0.2, 0.25) is 0 Å². The molecule has 2 aliphatic heterocycles.